The van der Waals surface area contributed by atoms with Gasteiger partial charge in [0.1, 0.15) is 5.82 Å². The number of anilines is 1. The molecule has 1 unspecified atom stereocenters. The highest BCUT2D eigenvalue weighted by Crippen LogP contribution is 2.36. The number of hydrogen-bond acceptors (Lipinski definition) is 3. The summed E-state index contributed by atoms with van der Waals surface area (Å²) in [6.07, 6.45) is 4.76. The van der Waals surface area contributed by atoms with E-state index < -0.39 is 11.7 Å². The molecule has 4 nitrogen and oxygen atoms in total. The minimum atomic E-state index is -0.442. The summed E-state index contributed by atoms with van der Waals surface area (Å²) in [7, 11) is 0. The summed E-state index contributed by atoms with van der Waals surface area (Å²) in [6.45, 7) is 6.78. The first-order valence-electron chi connectivity index (χ1n) is 8.24. The van der Waals surface area contributed by atoms with Crippen molar-refractivity contribution < 1.29 is 9.18 Å². The number of amides is 1. The summed E-state index contributed by atoms with van der Waals surface area (Å²) in [4.78, 5) is 20.9. The van der Waals surface area contributed by atoms with Crippen molar-refractivity contribution in [3.05, 3.63) is 53.1 Å². The Morgan fingerprint density at radius 3 is 2.83 bits per heavy atom. The Bertz CT molecular complexity index is 767. The summed E-state index contributed by atoms with van der Waals surface area (Å²) >= 11 is 0. The van der Waals surface area contributed by atoms with Crippen molar-refractivity contribution in [2.24, 2.45) is 11.3 Å². The summed E-state index contributed by atoms with van der Waals surface area (Å²) in [5.74, 6) is 0.0404. The van der Waals surface area contributed by atoms with Crippen LogP contribution in [0.15, 0.2) is 30.5 Å². The molecule has 3 rings (SSSR count). The molecule has 1 N–H and O–H groups in total. The predicted octanol–water partition coefficient (Wildman–Crippen LogP) is 4.02. The highest BCUT2D eigenvalue weighted by Gasteiger charge is 2.29. The average molecular weight is 327 g/mol. The van der Waals surface area contributed by atoms with Gasteiger partial charge in [-0.2, -0.15) is 0 Å². The van der Waals surface area contributed by atoms with Crippen molar-refractivity contribution in [2.75, 3.05) is 5.32 Å². The number of halogens is 1. The Morgan fingerprint density at radius 1 is 1.33 bits per heavy atom. The number of benzene rings is 1. The number of rotatable bonds is 2. The van der Waals surface area contributed by atoms with Crippen LogP contribution in [-0.4, -0.2) is 15.9 Å². The largest absolute Gasteiger partial charge is 0.290 e. The number of fused-ring (bicyclic) bond motifs is 1. The van der Waals surface area contributed by atoms with Crippen molar-refractivity contribution in [3.63, 3.8) is 0 Å². The molecular formula is C19H22FN3O. The maximum Gasteiger partial charge on any atom is 0.258 e. The summed E-state index contributed by atoms with van der Waals surface area (Å²) in [6, 6.07) is 5.56. The van der Waals surface area contributed by atoms with Crippen molar-refractivity contribution in [3.8, 4) is 0 Å². The SMILES string of the molecule is CC(C)(C)C1CCc2nc(NC(=O)c3cccc(F)c3)ncc2C1. The lowest BCUT2D eigenvalue weighted by atomic mass is 9.72. The van der Waals surface area contributed by atoms with Crippen LogP contribution in [0.25, 0.3) is 0 Å². The van der Waals surface area contributed by atoms with Crippen molar-refractivity contribution in [2.45, 2.75) is 40.0 Å². The van der Waals surface area contributed by atoms with Crippen LogP contribution >= 0.6 is 0 Å². The van der Waals surface area contributed by atoms with E-state index in [1.807, 2.05) is 0 Å². The van der Waals surface area contributed by atoms with Crippen LogP contribution in [0.3, 0.4) is 0 Å². The minimum Gasteiger partial charge on any atom is -0.290 e. The predicted molar refractivity (Wildman–Crippen MR) is 91.4 cm³/mol. The van der Waals surface area contributed by atoms with Gasteiger partial charge >= 0.3 is 0 Å². The van der Waals surface area contributed by atoms with E-state index in [0.29, 0.717) is 5.92 Å². The molecule has 0 saturated heterocycles. The van der Waals surface area contributed by atoms with Gasteiger partial charge in [-0.25, -0.2) is 14.4 Å². The standard InChI is InChI=1S/C19H22FN3O/c1-19(2,3)14-7-8-16-13(9-14)11-21-18(22-16)23-17(24)12-5-4-6-15(20)10-12/h4-6,10-11,14H,7-9H2,1-3H3,(H,21,22,23,24). The molecule has 126 valence electrons. The number of aromatic nitrogens is 2. The van der Waals surface area contributed by atoms with Gasteiger partial charge in [0.25, 0.3) is 5.91 Å². The molecule has 5 heteroatoms. The molecule has 0 spiro atoms. The number of aryl methyl sites for hydroxylation is 1. The first-order valence-corrected chi connectivity index (χ1v) is 8.24. The van der Waals surface area contributed by atoms with Gasteiger partial charge in [0.15, 0.2) is 0 Å². The third kappa shape index (κ3) is 3.61. The lowest BCUT2D eigenvalue weighted by Crippen LogP contribution is -2.28. The molecule has 24 heavy (non-hydrogen) atoms. The molecule has 1 aromatic heterocycles. The van der Waals surface area contributed by atoms with E-state index in [1.54, 1.807) is 12.3 Å². The molecule has 1 aromatic carbocycles. The van der Waals surface area contributed by atoms with E-state index >= 15 is 0 Å². The third-order valence-electron chi connectivity index (χ3n) is 4.69. The Kier molecular flexibility index (Phi) is 4.35. The summed E-state index contributed by atoms with van der Waals surface area (Å²) in [5, 5.41) is 2.65. The second-order valence-corrected chi connectivity index (χ2v) is 7.44. The zero-order valence-corrected chi connectivity index (χ0v) is 14.3. The molecule has 0 radical (unpaired) electrons. The second-order valence-electron chi connectivity index (χ2n) is 7.44. The highest BCUT2D eigenvalue weighted by atomic mass is 19.1. The fraction of sp³-hybridized carbons (Fsp3) is 0.421. The van der Waals surface area contributed by atoms with Crippen LogP contribution < -0.4 is 5.32 Å². The Morgan fingerprint density at radius 2 is 2.12 bits per heavy atom. The quantitative estimate of drug-likeness (QED) is 0.906. The Labute approximate surface area is 141 Å². The van der Waals surface area contributed by atoms with Crippen molar-refractivity contribution in [1.29, 1.82) is 0 Å². The van der Waals surface area contributed by atoms with Crippen LogP contribution in [0.2, 0.25) is 0 Å². The van der Waals surface area contributed by atoms with Crippen molar-refractivity contribution in [1.82, 2.24) is 9.97 Å². The first-order chi connectivity index (χ1) is 11.3. The van der Waals surface area contributed by atoms with Gasteiger partial charge in [0.2, 0.25) is 5.95 Å². The zero-order chi connectivity index (χ0) is 17.3. The third-order valence-corrected chi connectivity index (χ3v) is 4.69. The van der Waals surface area contributed by atoms with Crippen LogP contribution in [0, 0.1) is 17.2 Å². The van der Waals surface area contributed by atoms with Crippen molar-refractivity contribution >= 4 is 11.9 Å². The number of carbonyl (C=O) groups excluding carboxylic acids is 1. The molecule has 1 aliphatic rings. The number of nitrogens with zero attached hydrogens (tertiary/aromatic N) is 2. The molecule has 0 saturated carbocycles. The highest BCUT2D eigenvalue weighted by molar-refractivity contribution is 6.03. The lowest BCUT2D eigenvalue weighted by molar-refractivity contribution is 0.102. The Balaban J connectivity index is 1.74. The molecule has 0 fully saturated rings. The number of carbonyl (C=O) groups is 1. The van der Waals surface area contributed by atoms with Gasteiger partial charge in [0.05, 0.1) is 0 Å². The topological polar surface area (TPSA) is 54.9 Å². The molecule has 2 aromatic rings. The second kappa shape index (κ2) is 6.30. The average Bonchev–Trinajstić information content (AvgIpc) is 2.53. The van der Waals surface area contributed by atoms with Gasteiger partial charge < -0.3 is 0 Å². The van der Waals surface area contributed by atoms with Gasteiger partial charge in [-0.15, -0.1) is 0 Å². The molecule has 0 aliphatic heterocycles. The molecule has 1 atom stereocenters. The fourth-order valence-corrected chi connectivity index (χ4v) is 3.11. The Hall–Kier alpha value is -2.30. The van der Waals surface area contributed by atoms with Gasteiger partial charge in [-0.3, -0.25) is 10.1 Å². The summed E-state index contributed by atoms with van der Waals surface area (Å²) in [5.41, 5.74) is 2.68. The monoisotopic (exact) mass is 327 g/mol. The van der Waals surface area contributed by atoms with Gasteiger partial charge in [-0.05, 0) is 54.4 Å². The fourth-order valence-electron chi connectivity index (χ4n) is 3.11. The molecule has 1 heterocycles. The molecule has 1 aliphatic carbocycles. The van der Waals surface area contributed by atoms with E-state index in [4.69, 9.17) is 0 Å². The van der Waals surface area contributed by atoms with E-state index in [-0.39, 0.29) is 16.9 Å². The lowest BCUT2D eigenvalue weighted by Gasteiger charge is -2.34. The number of nitrogens with one attached hydrogen (secondary N) is 1. The first kappa shape index (κ1) is 16.6. The van der Waals surface area contributed by atoms with Crippen LogP contribution in [-0.2, 0) is 12.8 Å². The van der Waals surface area contributed by atoms with Crippen LogP contribution in [0.4, 0.5) is 10.3 Å². The molecular weight excluding hydrogens is 305 g/mol. The number of hydrogen-bond donors (Lipinski definition) is 1. The van der Waals surface area contributed by atoms with E-state index in [2.05, 4.69) is 36.1 Å². The smallest absolute Gasteiger partial charge is 0.258 e. The van der Waals surface area contributed by atoms with E-state index in [0.717, 1.165) is 30.5 Å². The minimum absolute atomic E-state index is 0.254. The van der Waals surface area contributed by atoms with Crippen LogP contribution in [0.1, 0.15) is 48.8 Å². The van der Waals surface area contributed by atoms with Gasteiger partial charge in [-0.1, -0.05) is 26.8 Å². The van der Waals surface area contributed by atoms with E-state index in [9.17, 15) is 9.18 Å². The molecule has 0 bridgehead atoms. The summed E-state index contributed by atoms with van der Waals surface area (Å²) < 4.78 is 13.2. The molecule has 1 amide bonds. The van der Waals surface area contributed by atoms with E-state index in [1.165, 1.54) is 18.2 Å². The van der Waals surface area contributed by atoms with Crippen LogP contribution in [0.5, 0.6) is 0 Å². The zero-order valence-electron chi connectivity index (χ0n) is 14.3. The maximum absolute atomic E-state index is 13.2. The normalized spacial score (nSPS) is 17.2. The van der Waals surface area contributed by atoms with Gasteiger partial charge in [0, 0.05) is 17.5 Å². The maximum atomic E-state index is 13.2.